The molecule has 1 spiro atoms. The maximum Gasteiger partial charge on any atom is 0.278 e. The highest BCUT2D eigenvalue weighted by Gasteiger charge is 2.58. The number of ether oxygens (including phenoxy) is 1. The van der Waals surface area contributed by atoms with Crippen LogP contribution in [0.3, 0.4) is 0 Å². The molecule has 2 fully saturated rings. The fourth-order valence-corrected chi connectivity index (χ4v) is 2.79. The molecule has 0 aromatic rings. The van der Waals surface area contributed by atoms with E-state index >= 15 is 0 Å². The summed E-state index contributed by atoms with van der Waals surface area (Å²) in [4.78, 5) is 12.8. The maximum atomic E-state index is 11.0. The predicted octanol–water partition coefficient (Wildman–Crippen LogP) is 1.54. The van der Waals surface area contributed by atoms with Crippen molar-refractivity contribution in [1.82, 2.24) is 4.90 Å². The van der Waals surface area contributed by atoms with Crippen molar-refractivity contribution in [2.75, 3.05) is 13.7 Å². The fourth-order valence-electron chi connectivity index (χ4n) is 2.54. The summed E-state index contributed by atoms with van der Waals surface area (Å²) in [5, 5.41) is -0.0982. The summed E-state index contributed by atoms with van der Waals surface area (Å²) in [5.41, 5.74) is 0.360. The number of carbonyl (C=O) groups excluding carboxylic acids is 1. The molecule has 0 unspecified atom stereocenters. The second kappa shape index (κ2) is 2.89. The number of rotatable bonds is 1. The molecule has 13 heavy (non-hydrogen) atoms. The lowest BCUT2D eigenvalue weighted by atomic mass is 9.57. The molecule has 0 aromatic carbocycles. The minimum absolute atomic E-state index is 0.0982. The Bertz CT molecular complexity index is 238. The van der Waals surface area contributed by atoms with Crippen LogP contribution in [0.5, 0.6) is 0 Å². The fraction of sp³-hybridized carbons (Fsp3) is 0.889. The zero-order valence-corrected chi connectivity index (χ0v) is 8.88. The molecule has 0 radical (unpaired) electrons. The number of likely N-dealkylation sites (tertiary alicyclic amines) is 1. The highest BCUT2D eigenvalue weighted by atomic mass is 32.1. The van der Waals surface area contributed by atoms with Gasteiger partial charge in [0, 0.05) is 25.1 Å². The standard InChI is InChI=1S/C9H15NO2S/c1-6-9(3-7(4-9)12-2)5-10(6)8(11)13/h6-7H,3-5H2,1-2H3,(H,11,13)/t6-,7?,9?/m1/s1. The highest BCUT2D eigenvalue weighted by Crippen LogP contribution is 2.54. The minimum atomic E-state index is -0.0982. The highest BCUT2D eigenvalue weighted by molar-refractivity contribution is 7.96. The predicted molar refractivity (Wildman–Crippen MR) is 53.0 cm³/mol. The summed E-state index contributed by atoms with van der Waals surface area (Å²) in [7, 11) is 1.75. The number of methoxy groups -OCH3 is 1. The van der Waals surface area contributed by atoms with Gasteiger partial charge < -0.3 is 9.64 Å². The van der Waals surface area contributed by atoms with Crippen LogP contribution in [0.15, 0.2) is 0 Å². The Morgan fingerprint density at radius 3 is 2.62 bits per heavy atom. The van der Waals surface area contributed by atoms with E-state index in [2.05, 4.69) is 19.6 Å². The average molecular weight is 201 g/mol. The lowest BCUT2D eigenvalue weighted by Gasteiger charge is -2.63. The molecule has 0 bridgehead atoms. The lowest BCUT2D eigenvalue weighted by Crippen LogP contribution is -2.70. The molecule has 1 saturated heterocycles. The average Bonchev–Trinajstić information content (AvgIpc) is 1.99. The van der Waals surface area contributed by atoms with E-state index in [9.17, 15) is 4.79 Å². The van der Waals surface area contributed by atoms with Gasteiger partial charge in [-0.1, -0.05) is 12.6 Å². The van der Waals surface area contributed by atoms with Crippen LogP contribution in [0.2, 0.25) is 0 Å². The van der Waals surface area contributed by atoms with Crippen LogP contribution in [-0.2, 0) is 4.74 Å². The quantitative estimate of drug-likeness (QED) is 0.652. The Balaban J connectivity index is 1.91. The SMILES string of the molecule is COC1CC2(C1)CN(C(=O)S)[C@@H]2C. The van der Waals surface area contributed by atoms with Crippen LogP contribution in [0.25, 0.3) is 0 Å². The molecule has 4 heteroatoms. The zero-order valence-electron chi connectivity index (χ0n) is 7.99. The van der Waals surface area contributed by atoms with E-state index < -0.39 is 0 Å². The van der Waals surface area contributed by atoms with Crippen LogP contribution in [-0.4, -0.2) is 35.9 Å². The molecule has 0 aromatic heterocycles. The van der Waals surface area contributed by atoms with Crippen LogP contribution in [0.4, 0.5) is 4.79 Å². The first-order valence-corrected chi connectivity index (χ1v) is 5.06. The van der Waals surface area contributed by atoms with Gasteiger partial charge in [0.2, 0.25) is 0 Å². The molecule has 1 saturated carbocycles. The van der Waals surface area contributed by atoms with Gasteiger partial charge in [0.25, 0.3) is 5.24 Å². The van der Waals surface area contributed by atoms with E-state index in [1.165, 1.54) is 0 Å². The number of hydrogen-bond donors (Lipinski definition) is 1. The van der Waals surface area contributed by atoms with Crippen molar-refractivity contribution in [1.29, 1.82) is 0 Å². The Morgan fingerprint density at radius 2 is 2.23 bits per heavy atom. The summed E-state index contributed by atoms with van der Waals surface area (Å²) in [6, 6.07) is 0.351. The molecule has 1 aliphatic carbocycles. The van der Waals surface area contributed by atoms with Gasteiger partial charge in [-0.25, -0.2) is 0 Å². The van der Waals surface area contributed by atoms with E-state index in [1.807, 2.05) is 4.90 Å². The van der Waals surface area contributed by atoms with E-state index in [4.69, 9.17) is 4.74 Å². The summed E-state index contributed by atoms with van der Waals surface area (Å²) in [6.07, 6.45) is 2.62. The van der Waals surface area contributed by atoms with Crippen molar-refractivity contribution >= 4 is 17.9 Å². The molecule has 1 aliphatic heterocycles. The van der Waals surface area contributed by atoms with E-state index in [0.717, 1.165) is 19.4 Å². The minimum Gasteiger partial charge on any atom is -0.381 e. The molecule has 1 amide bonds. The molecule has 2 aliphatic rings. The summed E-state index contributed by atoms with van der Waals surface area (Å²) < 4.78 is 5.24. The first-order valence-electron chi connectivity index (χ1n) is 4.61. The molecule has 2 rings (SSSR count). The Morgan fingerprint density at radius 1 is 1.62 bits per heavy atom. The van der Waals surface area contributed by atoms with Gasteiger partial charge in [-0.15, -0.1) is 0 Å². The number of thiol groups is 1. The van der Waals surface area contributed by atoms with Gasteiger partial charge >= 0.3 is 0 Å². The third-order valence-corrected chi connectivity index (χ3v) is 3.94. The lowest BCUT2D eigenvalue weighted by molar-refractivity contribution is -0.156. The van der Waals surface area contributed by atoms with E-state index in [0.29, 0.717) is 17.6 Å². The van der Waals surface area contributed by atoms with Crippen molar-refractivity contribution in [3.05, 3.63) is 0 Å². The third-order valence-electron chi connectivity index (χ3n) is 3.69. The molecule has 74 valence electrons. The van der Waals surface area contributed by atoms with Gasteiger partial charge in [0.05, 0.1) is 6.10 Å². The van der Waals surface area contributed by atoms with Crippen molar-refractivity contribution in [2.45, 2.75) is 31.9 Å². The topological polar surface area (TPSA) is 29.5 Å². The van der Waals surface area contributed by atoms with Gasteiger partial charge in [-0.2, -0.15) is 0 Å². The number of carbonyl (C=O) groups is 1. The first-order chi connectivity index (χ1) is 6.09. The second-order valence-corrected chi connectivity index (χ2v) is 4.60. The van der Waals surface area contributed by atoms with Crippen molar-refractivity contribution in [3.63, 3.8) is 0 Å². The van der Waals surface area contributed by atoms with E-state index in [1.54, 1.807) is 7.11 Å². The third kappa shape index (κ3) is 1.19. The molecule has 1 atom stereocenters. The zero-order chi connectivity index (χ0) is 9.64. The largest absolute Gasteiger partial charge is 0.381 e. The van der Waals surface area contributed by atoms with Crippen LogP contribution < -0.4 is 0 Å². The van der Waals surface area contributed by atoms with Gasteiger partial charge in [0.1, 0.15) is 0 Å². The van der Waals surface area contributed by atoms with Gasteiger partial charge in [0.15, 0.2) is 0 Å². The Labute approximate surface area is 83.8 Å². The number of amides is 1. The van der Waals surface area contributed by atoms with Gasteiger partial charge in [-0.05, 0) is 19.8 Å². The second-order valence-electron chi connectivity index (χ2n) is 4.21. The summed E-state index contributed by atoms with van der Waals surface area (Å²) >= 11 is 3.83. The molecular formula is C9H15NO2S. The molecule has 3 nitrogen and oxygen atoms in total. The number of hydrogen-bond acceptors (Lipinski definition) is 2. The normalized spacial score (nSPS) is 42.8. The summed E-state index contributed by atoms with van der Waals surface area (Å²) in [5.74, 6) is 0. The molecule has 0 N–H and O–H groups in total. The van der Waals surface area contributed by atoms with Crippen molar-refractivity contribution in [3.8, 4) is 0 Å². The van der Waals surface area contributed by atoms with E-state index in [-0.39, 0.29) is 5.24 Å². The Kier molecular flexibility index (Phi) is 2.07. The monoisotopic (exact) mass is 201 g/mol. The molecule has 1 heterocycles. The maximum absolute atomic E-state index is 11.0. The smallest absolute Gasteiger partial charge is 0.278 e. The van der Waals surface area contributed by atoms with Crippen LogP contribution >= 0.6 is 12.6 Å². The molecular weight excluding hydrogens is 186 g/mol. The van der Waals surface area contributed by atoms with Crippen LogP contribution in [0, 0.1) is 5.41 Å². The Hall–Kier alpha value is -0.220. The first kappa shape index (κ1) is 9.34. The summed E-state index contributed by atoms with van der Waals surface area (Å²) in [6.45, 7) is 2.97. The van der Waals surface area contributed by atoms with Crippen molar-refractivity contribution < 1.29 is 9.53 Å². The van der Waals surface area contributed by atoms with Gasteiger partial charge in [-0.3, -0.25) is 4.79 Å². The number of nitrogens with zero attached hydrogens (tertiary/aromatic N) is 1. The van der Waals surface area contributed by atoms with Crippen molar-refractivity contribution in [2.24, 2.45) is 5.41 Å². The van der Waals surface area contributed by atoms with Crippen LogP contribution in [0.1, 0.15) is 19.8 Å².